The summed E-state index contributed by atoms with van der Waals surface area (Å²) in [7, 11) is 0. The van der Waals surface area contributed by atoms with Gasteiger partial charge in [-0.25, -0.2) is 0 Å². The van der Waals surface area contributed by atoms with E-state index in [9.17, 15) is 0 Å². The summed E-state index contributed by atoms with van der Waals surface area (Å²) in [5, 5.41) is 0. The Balaban J connectivity index is 2.93. The first-order valence-electron chi connectivity index (χ1n) is 3.80. The number of hydrogen-bond acceptors (Lipinski definition) is 0. The first-order valence-corrected chi connectivity index (χ1v) is 5.22. The molecular formula is C10H13Mo. The van der Waals surface area contributed by atoms with Crippen LogP contribution in [-0.4, -0.2) is 0 Å². The third-order valence-electron chi connectivity index (χ3n) is 1.92. The second-order valence-corrected chi connectivity index (χ2v) is 4.10. The van der Waals surface area contributed by atoms with E-state index in [1.54, 1.807) is 0 Å². The minimum absolute atomic E-state index is 0.339. The van der Waals surface area contributed by atoms with Gasteiger partial charge in [-0.3, -0.25) is 0 Å². The Morgan fingerprint density at radius 3 is 2.18 bits per heavy atom. The number of rotatable bonds is 2. The molecule has 1 aromatic carbocycles. The molecule has 59 valence electrons. The van der Waals surface area contributed by atoms with E-state index in [1.165, 1.54) is 10.4 Å². The quantitative estimate of drug-likeness (QED) is 0.684. The van der Waals surface area contributed by atoms with Crippen LogP contribution in [0, 0.1) is 0 Å². The van der Waals surface area contributed by atoms with Crippen molar-refractivity contribution in [2.75, 3.05) is 0 Å². The molecule has 0 heterocycles. The molecule has 0 N–H and O–H groups in total. The van der Waals surface area contributed by atoms with Crippen LogP contribution < -0.4 is 0 Å². The van der Waals surface area contributed by atoms with Crippen LogP contribution in [0.15, 0.2) is 30.3 Å². The van der Waals surface area contributed by atoms with E-state index < -0.39 is 0 Å². The van der Waals surface area contributed by atoms with Crippen molar-refractivity contribution in [1.82, 2.24) is 0 Å². The van der Waals surface area contributed by atoms with Crippen molar-refractivity contribution in [3.05, 3.63) is 35.9 Å². The Bertz CT molecular complexity index is 214. The normalized spacial score (nSPS) is 11.5. The van der Waals surface area contributed by atoms with E-state index in [4.69, 9.17) is 0 Å². The Morgan fingerprint density at radius 2 is 1.73 bits per heavy atom. The summed E-state index contributed by atoms with van der Waals surface area (Å²) < 4.78 is 0. The molecule has 1 rings (SSSR count). The third-order valence-corrected chi connectivity index (χ3v) is 3.69. The first kappa shape index (κ1) is 9.00. The van der Waals surface area contributed by atoms with Gasteiger partial charge in [-0.15, -0.1) is 0 Å². The van der Waals surface area contributed by atoms with E-state index in [-0.39, 0.29) is 0 Å². The van der Waals surface area contributed by atoms with Gasteiger partial charge in [0.25, 0.3) is 0 Å². The molecule has 0 fully saturated rings. The van der Waals surface area contributed by atoms with Crippen LogP contribution in [0.4, 0.5) is 0 Å². The molecule has 0 nitrogen and oxygen atoms in total. The second-order valence-electron chi connectivity index (χ2n) is 3.39. The van der Waals surface area contributed by atoms with Gasteiger partial charge in [0.1, 0.15) is 0 Å². The Morgan fingerprint density at radius 1 is 1.18 bits per heavy atom. The monoisotopic (exact) mass is 231 g/mol. The number of benzene rings is 1. The molecule has 0 amide bonds. The van der Waals surface area contributed by atoms with Gasteiger partial charge < -0.3 is 0 Å². The standard InChI is InChI=1S/C10H13.Mo/c1-10(2,3)9-7-5-4-6-8-9;/h4-8H,1H2,2-3H3;. The molecule has 0 aliphatic rings. The zero-order valence-corrected chi connectivity index (χ0v) is 9.01. The van der Waals surface area contributed by atoms with Gasteiger partial charge in [-0.05, 0) is 0 Å². The summed E-state index contributed by atoms with van der Waals surface area (Å²) in [5.41, 5.74) is 1.77. The molecule has 0 aromatic heterocycles. The Labute approximate surface area is 79.9 Å². The molecule has 0 aliphatic carbocycles. The van der Waals surface area contributed by atoms with Crippen LogP contribution >= 0.6 is 0 Å². The maximum absolute atomic E-state index is 2.28. The molecule has 0 saturated heterocycles. The van der Waals surface area contributed by atoms with Crippen LogP contribution in [-0.2, 0) is 25.2 Å². The fourth-order valence-corrected chi connectivity index (χ4v) is 1.38. The molecule has 0 saturated carbocycles. The van der Waals surface area contributed by atoms with Crippen LogP contribution in [0.25, 0.3) is 0 Å². The van der Waals surface area contributed by atoms with Gasteiger partial charge >= 0.3 is 79.8 Å². The topological polar surface area (TPSA) is 0 Å². The van der Waals surface area contributed by atoms with Crippen LogP contribution in [0.5, 0.6) is 0 Å². The second kappa shape index (κ2) is 3.54. The molecule has 0 radical (unpaired) electrons. The van der Waals surface area contributed by atoms with E-state index in [1.807, 2.05) is 0 Å². The molecule has 0 unspecified atom stereocenters. The van der Waals surface area contributed by atoms with Gasteiger partial charge in [0, 0.05) is 0 Å². The number of hydrogen-bond donors (Lipinski definition) is 0. The molecular weight excluding hydrogens is 216 g/mol. The molecule has 0 atom stereocenters. The fraction of sp³-hybridized carbons (Fsp3) is 0.400. The van der Waals surface area contributed by atoms with E-state index in [0.29, 0.717) is 5.41 Å². The van der Waals surface area contributed by atoms with Crippen molar-refractivity contribution in [3.8, 4) is 0 Å². The third kappa shape index (κ3) is 2.17. The zero-order valence-electron chi connectivity index (χ0n) is 7.00. The van der Waals surface area contributed by atoms with Gasteiger partial charge in [-0.1, -0.05) is 0 Å². The first-order chi connectivity index (χ1) is 5.17. The van der Waals surface area contributed by atoms with Crippen molar-refractivity contribution < 1.29 is 19.8 Å². The van der Waals surface area contributed by atoms with E-state index in [2.05, 4.69) is 64.0 Å². The van der Waals surface area contributed by atoms with Crippen molar-refractivity contribution >= 4 is 0 Å². The van der Waals surface area contributed by atoms with Crippen molar-refractivity contribution in [1.29, 1.82) is 0 Å². The maximum atomic E-state index is 2.28. The zero-order chi connectivity index (χ0) is 8.32. The van der Waals surface area contributed by atoms with Gasteiger partial charge in [-0.2, -0.15) is 0 Å². The van der Waals surface area contributed by atoms with Crippen LogP contribution in [0.3, 0.4) is 0 Å². The van der Waals surface area contributed by atoms with Crippen LogP contribution in [0.1, 0.15) is 19.4 Å². The van der Waals surface area contributed by atoms with E-state index >= 15 is 0 Å². The molecule has 11 heavy (non-hydrogen) atoms. The van der Waals surface area contributed by atoms with Crippen molar-refractivity contribution in [2.45, 2.75) is 24.1 Å². The predicted molar refractivity (Wildman–Crippen MR) is 44.3 cm³/mol. The molecule has 1 heteroatoms. The average Bonchev–Trinajstić information content (AvgIpc) is 2.06. The van der Waals surface area contributed by atoms with Crippen LogP contribution in [0.2, 0.25) is 4.81 Å². The summed E-state index contributed by atoms with van der Waals surface area (Å²) in [4.78, 5) is 1.20. The Hall–Kier alpha value is -0.0917. The average molecular weight is 229 g/mol. The van der Waals surface area contributed by atoms with Gasteiger partial charge in [0.2, 0.25) is 0 Å². The fourth-order valence-electron chi connectivity index (χ4n) is 0.973. The minimum atomic E-state index is 0.339. The molecule has 1 aromatic rings. The molecule has 0 aliphatic heterocycles. The summed E-state index contributed by atoms with van der Waals surface area (Å²) in [6.45, 7) is 4.57. The summed E-state index contributed by atoms with van der Waals surface area (Å²) >= 11 is 2.16. The van der Waals surface area contributed by atoms with Crippen molar-refractivity contribution in [3.63, 3.8) is 0 Å². The summed E-state index contributed by atoms with van der Waals surface area (Å²) in [6, 6.07) is 10.7. The predicted octanol–water partition coefficient (Wildman–Crippen LogP) is 2.93. The molecule has 0 spiro atoms. The summed E-state index contributed by atoms with van der Waals surface area (Å²) in [5.74, 6) is 0. The summed E-state index contributed by atoms with van der Waals surface area (Å²) in [6.07, 6.45) is 0. The molecule has 0 bridgehead atoms. The van der Waals surface area contributed by atoms with E-state index in [0.717, 1.165) is 0 Å². The van der Waals surface area contributed by atoms with Crippen molar-refractivity contribution in [2.24, 2.45) is 0 Å². The van der Waals surface area contributed by atoms with Gasteiger partial charge in [0.15, 0.2) is 0 Å². The SMILES string of the molecule is CC(C)([CH2][Mo])c1ccccc1. The van der Waals surface area contributed by atoms with Gasteiger partial charge in [0.05, 0.1) is 0 Å². The Kier molecular flexibility index (Phi) is 2.89.